The Kier molecular flexibility index (Phi) is 4.46. The lowest BCUT2D eigenvalue weighted by Gasteiger charge is -2.18. The van der Waals surface area contributed by atoms with E-state index in [4.69, 9.17) is 16.3 Å². The maximum absolute atomic E-state index is 10.5. The average Bonchev–Trinajstić information content (AvgIpc) is 2.39. The van der Waals surface area contributed by atoms with Gasteiger partial charge in [-0.3, -0.25) is 0 Å². The first-order chi connectivity index (χ1) is 9.08. The number of hydrogen-bond donors (Lipinski definition) is 1. The Morgan fingerprint density at radius 1 is 1.00 bits per heavy atom. The van der Waals surface area contributed by atoms with E-state index in [9.17, 15) is 5.11 Å². The number of hydrogen-bond acceptors (Lipinski definition) is 2. The summed E-state index contributed by atoms with van der Waals surface area (Å²) in [6.45, 7) is 3.93. The summed E-state index contributed by atoms with van der Waals surface area (Å²) < 4.78 is 5.73. The van der Waals surface area contributed by atoms with Gasteiger partial charge in [0.15, 0.2) is 0 Å². The second kappa shape index (κ2) is 6.09. The highest BCUT2D eigenvalue weighted by Crippen LogP contribution is 2.30. The molecule has 0 amide bonds. The van der Waals surface area contributed by atoms with Gasteiger partial charge in [-0.25, -0.2) is 0 Å². The lowest BCUT2D eigenvalue weighted by Crippen LogP contribution is -2.09. The van der Waals surface area contributed by atoms with Gasteiger partial charge in [0.25, 0.3) is 0 Å². The summed E-state index contributed by atoms with van der Waals surface area (Å²) in [6, 6.07) is 14.7. The summed E-state index contributed by atoms with van der Waals surface area (Å²) in [5, 5.41) is 11.1. The van der Waals surface area contributed by atoms with Crippen LogP contribution in [0.2, 0.25) is 5.02 Å². The molecule has 0 fully saturated rings. The van der Waals surface area contributed by atoms with Gasteiger partial charge in [0.1, 0.15) is 11.9 Å². The van der Waals surface area contributed by atoms with Gasteiger partial charge >= 0.3 is 0 Å². The Hall–Kier alpha value is -1.51. The first-order valence-electron chi connectivity index (χ1n) is 6.27. The molecule has 0 aliphatic rings. The van der Waals surface area contributed by atoms with Gasteiger partial charge in [-0.2, -0.15) is 0 Å². The first-order valence-corrected chi connectivity index (χ1v) is 6.65. The minimum atomic E-state index is -0.716. The van der Waals surface area contributed by atoms with Crippen molar-refractivity contribution in [1.29, 1.82) is 0 Å². The molecule has 2 rings (SSSR count). The molecule has 0 heterocycles. The van der Waals surface area contributed by atoms with Gasteiger partial charge in [0.05, 0.1) is 6.10 Å². The van der Waals surface area contributed by atoms with Gasteiger partial charge in [-0.1, -0.05) is 41.9 Å². The molecule has 0 radical (unpaired) electrons. The summed E-state index contributed by atoms with van der Waals surface area (Å²) in [7, 11) is 0. The van der Waals surface area contributed by atoms with Crippen molar-refractivity contribution in [3.8, 4) is 5.75 Å². The highest BCUT2D eigenvalue weighted by molar-refractivity contribution is 6.30. The van der Waals surface area contributed by atoms with Crippen LogP contribution in [0, 0.1) is 0 Å². The predicted molar refractivity (Wildman–Crippen MR) is 77.7 cm³/mol. The molecule has 1 atom stereocenters. The second-order valence-electron chi connectivity index (χ2n) is 4.66. The van der Waals surface area contributed by atoms with E-state index in [0.29, 0.717) is 10.8 Å². The average molecular weight is 277 g/mol. The van der Waals surface area contributed by atoms with E-state index < -0.39 is 6.10 Å². The third-order valence-corrected chi connectivity index (χ3v) is 3.01. The lowest BCUT2D eigenvalue weighted by molar-refractivity contribution is 0.198. The highest BCUT2D eigenvalue weighted by atomic mass is 35.5. The number of aliphatic hydroxyl groups is 1. The molecule has 0 saturated heterocycles. The topological polar surface area (TPSA) is 29.5 Å². The van der Waals surface area contributed by atoms with Crippen LogP contribution < -0.4 is 4.74 Å². The second-order valence-corrected chi connectivity index (χ2v) is 5.09. The standard InChI is InChI=1S/C16H17ClO2/c1-11(2)19-15-6-4-3-5-14(15)16(18)12-7-9-13(17)10-8-12/h3-11,16,18H,1-2H3. The van der Waals surface area contributed by atoms with Crippen molar-refractivity contribution in [2.45, 2.75) is 26.1 Å². The van der Waals surface area contributed by atoms with E-state index in [1.54, 1.807) is 12.1 Å². The molecule has 3 heteroatoms. The van der Waals surface area contributed by atoms with Crippen LogP contribution in [0.15, 0.2) is 48.5 Å². The van der Waals surface area contributed by atoms with Crippen molar-refractivity contribution in [3.05, 3.63) is 64.7 Å². The van der Waals surface area contributed by atoms with Gasteiger partial charge in [0, 0.05) is 10.6 Å². The van der Waals surface area contributed by atoms with Crippen LogP contribution in [0.5, 0.6) is 5.75 Å². The van der Waals surface area contributed by atoms with Crippen LogP contribution in [0.3, 0.4) is 0 Å². The fraction of sp³-hybridized carbons (Fsp3) is 0.250. The molecule has 2 aromatic rings. The van der Waals surface area contributed by atoms with Gasteiger partial charge in [-0.15, -0.1) is 0 Å². The van der Waals surface area contributed by atoms with E-state index in [-0.39, 0.29) is 6.10 Å². The van der Waals surface area contributed by atoms with E-state index in [1.165, 1.54) is 0 Å². The summed E-state index contributed by atoms with van der Waals surface area (Å²) in [5.41, 5.74) is 1.56. The molecule has 1 unspecified atom stereocenters. The lowest BCUT2D eigenvalue weighted by atomic mass is 10.0. The molecule has 0 bridgehead atoms. The molecule has 1 N–H and O–H groups in total. The SMILES string of the molecule is CC(C)Oc1ccccc1C(O)c1ccc(Cl)cc1. The minimum Gasteiger partial charge on any atom is -0.491 e. The minimum absolute atomic E-state index is 0.0681. The van der Waals surface area contributed by atoms with Gasteiger partial charge in [0.2, 0.25) is 0 Å². The van der Waals surface area contributed by atoms with Crippen LogP contribution in [0.1, 0.15) is 31.1 Å². The van der Waals surface area contributed by atoms with E-state index in [0.717, 1.165) is 11.1 Å². The Balaban J connectivity index is 2.32. The number of rotatable bonds is 4. The molecular formula is C16H17ClO2. The zero-order chi connectivity index (χ0) is 13.8. The van der Waals surface area contributed by atoms with E-state index in [1.807, 2.05) is 50.2 Å². The third-order valence-electron chi connectivity index (χ3n) is 2.76. The number of halogens is 1. The number of benzene rings is 2. The molecular weight excluding hydrogens is 260 g/mol. The van der Waals surface area contributed by atoms with Crippen molar-refractivity contribution in [1.82, 2.24) is 0 Å². The fourth-order valence-electron chi connectivity index (χ4n) is 1.89. The van der Waals surface area contributed by atoms with Crippen LogP contribution >= 0.6 is 11.6 Å². The smallest absolute Gasteiger partial charge is 0.125 e. The molecule has 0 aliphatic heterocycles. The van der Waals surface area contributed by atoms with Crippen molar-refractivity contribution in [2.75, 3.05) is 0 Å². The van der Waals surface area contributed by atoms with Gasteiger partial charge in [-0.05, 0) is 37.6 Å². The Morgan fingerprint density at radius 2 is 1.63 bits per heavy atom. The molecule has 0 saturated carbocycles. The third kappa shape index (κ3) is 3.49. The molecule has 2 nitrogen and oxygen atoms in total. The maximum atomic E-state index is 10.5. The fourth-order valence-corrected chi connectivity index (χ4v) is 2.02. The maximum Gasteiger partial charge on any atom is 0.125 e. The highest BCUT2D eigenvalue weighted by Gasteiger charge is 2.15. The summed E-state index contributed by atoms with van der Waals surface area (Å²) in [6.07, 6.45) is -0.647. The number of ether oxygens (including phenoxy) is 1. The van der Waals surface area contributed by atoms with Crippen LogP contribution in [0.4, 0.5) is 0 Å². The predicted octanol–water partition coefficient (Wildman–Crippen LogP) is 4.21. The molecule has 100 valence electrons. The zero-order valence-corrected chi connectivity index (χ0v) is 11.8. The quantitative estimate of drug-likeness (QED) is 0.906. The van der Waals surface area contributed by atoms with E-state index in [2.05, 4.69) is 0 Å². The Labute approximate surface area is 118 Å². The van der Waals surface area contributed by atoms with Crippen LogP contribution in [-0.2, 0) is 0 Å². The molecule has 0 spiro atoms. The summed E-state index contributed by atoms with van der Waals surface area (Å²) in [4.78, 5) is 0. The van der Waals surface area contributed by atoms with Crippen LogP contribution in [0.25, 0.3) is 0 Å². The summed E-state index contributed by atoms with van der Waals surface area (Å²) in [5.74, 6) is 0.708. The molecule has 0 aliphatic carbocycles. The van der Waals surface area contributed by atoms with Crippen LogP contribution in [-0.4, -0.2) is 11.2 Å². The van der Waals surface area contributed by atoms with Crippen molar-refractivity contribution in [2.24, 2.45) is 0 Å². The van der Waals surface area contributed by atoms with Crippen molar-refractivity contribution < 1.29 is 9.84 Å². The number of aliphatic hydroxyl groups excluding tert-OH is 1. The zero-order valence-electron chi connectivity index (χ0n) is 11.0. The Bertz CT molecular complexity index is 535. The van der Waals surface area contributed by atoms with Crippen molar-refractivity contribution in [3.63, 3.8) is 0 Å². The normalized spacial score (nSPS) is 12.5. The Morgan fingerprint density at radius 3 is 2.26 bits per heavy atom. The van der Waals surface area contributed by atoms with E-state index >= 15 is 0 Å². The molecule has 2 aromatic carbocycles. The first kappa shape index (κ1) is 13.9. The largest absolute Gasteiger partial charge is 0.491 e. The van der Waals surface area contributed by atoms with Gasteiger partial charge < -0.3 is 9.84 Å². The number of para-hydroxylation sites is 1. The van der Waals surface area contributed by atoms with Crippen molar-refractivity contribution >= 4 is 11.6 Å². The monoisotopic (exact) mass is 276 g/mol. The molecule has 0 aromatic heterocycles. The summed E-state index contributed by atoms with van der Waals surface area (Å²) >= 11 is 5.86. The molecule has 19 heavy (non-hydrogen) atoms.